The molecule has 0 unspecified atom stereocenters. The minimum atomic E-state index is -4.10. The fourth-order valence-corrected chi connectivity index (χ4v) is 1.24. The molecule has 0 fully saturated rings. The molecule has 5 heteroatoms. The third-order valence-electron chi connectivity index (χ3n) is 1.53. The first-order chi connectivity index (χ1) is 6.51. The molecule has 14 heavy (non-hydrogen) atoms. The van der Waals surface area contributed by atoms with Crippen molar-refractivity contribution in [3.63, 3.8) is 0 Å². The highest BCUT2D eigenvalue weighted by Crippen LogP contribution is 2.36. The lowest BCUT2D eigenvalue weighted by molar-refractivity contribution is 0.112. The van der Waals surface area contributed by atoms with E-state index in [1.54, 1.807) is 24.3 Å². The van der Waals surface area contributed by atoms with Gasteiger partial charge in [0.05, 0.1) is 0 Å². The van der Waals surface area contributed by atoms with E-state index < -0.39 is 7.60 Å². The lowest BCUT2D eigenvalue weighted by Gasteiger charge is -1.95. The Morgan fingerprint density at radius 2 is 1.57 bits per heavy atom. The van der Waals surface area contributed by atoms with Crippen LogP contribution in [0.2, 0.25) is 0 Å². The molecular formula is C9H9O4P. The van der Waals surface area contributed by atoms with Gasteiger partial charge in [0.15, 0.2) is 0 Å². The minimum Gasteiger partial charge on any atom is -0.321 e. The number of carbonyl (C=O) groups is 1. The molecule has 0 aliphatic heterocycles. The zero-order chi connectivity index (χ0) is 10.6. The minimum absolute atomic E-state index is 0.526. The van der Waals surface area contributed by atoms with Crippen LogP contribution in [-0.4, -0.2) is 16.1 Å². The van der Waals surface area contributed by atoms with Crippen molar-refractivity contribution in [2.75, 3.05) is 0 Å². The van der Waals surface area contributed by atoms with Gasteiger partial charge in [-0.15, -0.1) is 0 Å². The molecule has 0 saturated heterocycles. The van der Waals surface area contributed by atoms with E-state index in [0.29, 0.717) is 17.4 Å². The first kappa shape index (κ1) is 10.9. The molecule has 0 aliphatic rings. The molecule has 1 aromatic rings. The molecule has 1 rings (SSSR count). The summed E-state index contributed by atoms with van der Waals surface area (Å²) >= 11 is 0. The van der Waals surface area contributed by atoms with Gasteiger partial charge < -0.3 is 9.79 Å². The fourth-order valence-electron chi connectivity index (χ4n) is 0.869. The first-order valence-corrected chi connectivity index (χ1v) is 5.49. The second-order valence-corrected chi connectivity index (χ2v) is 4.17. The SMILES string of the molecule is O=Cc1ccc(/C=C/P(=O)(O)O)cc1. The topological polar surface area (TPSA) is 74.6 Å². The van der Waals surface area contributed by atoms with Gasteiger partial charge in [0.1, 0.15) is 6.29 Å². The average molecular weight is 212 g/mol. The Hall–Kier alpha value is -1.22. The quantitative estimate of drug-likeness (QED) is 0.590. The number of benzene rings is 1. The highest BCUT2D eigenvalue weighted by atomic mass is 31.2. The molecule has 0 amide bonds. The van der Waals surface area contributed by atoms with Crippen molar-refractivity contribution in [2.24, 2.45) is 0 Å². The molecule has 2 N–H and O–H groups in total. The number of rotatable bonds is 3. The molecule has 74 valence electrons. The highest BCUT2D eigenvalue weighted by Gasteiger charge is 2.04. The Labute approximate surface area is 81.0 Å². The second kappa shape index (κ2) is 4.33. The molecule has 0 bridgehead atoms. The Balaban J connectivity index is 2.84. The van der Waals surface area contributed by atoms with Crippen LogP contribution in [0.4, 0.5) is 0 Å². The number of aldehydes is 1. The van der Waals surface area contributed by atoms with Crippen LogP contribution in [0, 0.1) is 0 Å². The molecule has 0 saturated carbocycles. The monoisotopic (exact) mass is 212 g/mol. The van der Waals surface area contributed by atoms with Crippen LogP contribution in [-0.2, 0) is 4.57 Å². The maximum atomic E-state index is 10.5. The predicted molar refractivity (Wildman–Crippen MR) is 52.9 cm³/mol. The van der Waals surface area contributed by atoms with Crippen molar-refractivity contribution < 1.29 is 19.1 Å². The summed E-state index contributed by atoms with van der Waals surface area (Å²) in [6.07, 6.45) is 2.02. The fraction of sp³-hybridized carbons (Fsp3) is 0. The van der Waals surface area contributed by atoms with Crippen molar-refractivity contribution in [3.05, 3.63) is 41.2 Å². The molecule has 0 radical (unpaired) electrons. The van der Waals surface area contributed by atoms with Crippen molar-refractivity contribution >= 4 is 20.0 Å². The van der Waals surface area contributed by atoms with Gasteiger partial charge in [-0.3, -0.25) is 9.36 Å². The molecular weight excluding hydrogens is 203 g/mol. The van der Waals surface area contributed by atoms with E-state index in [0.717, 1.165) is 5.82 Å². The summed E-state index contributed by atoms with van der Waals surface area (Å²) in [5.41, 5.74) is 1.16. The van der Waals surface area contributed by atoms with Gasteiger partial charge >= 0.3 is 7.60 Å². The van der Waals surface area contributed by atoms with E-state index in [-0.39, 0.29) is 0 Å². The van der Waals surface area contributed by atoms with Gasteiger partial charge in [-0.05, 0) is 11.6 Å². The van der Waals surface area contributed by atoms with E-state index in [9.17, 15) is 9.36 Å². The average Bonchev–Trinajstić information content (AvgIpc) is 2.14. The van der Waals surface area contributed by atoms with Crippen LogP contribution in [0.25, 0.3) is 6.08 Å². The second-order valence-electron chi connectivity index (χ2n) is 2.69. The van der Waals surface area contributed by atoms with Gasteiger partial charge in [0.25, 0.3) is 0 Å². The molecule has 4 nitrogen and oxygen atoms in total. The maximum Gasteiger partial charge on any atom is 0.349 e. The molecule has 0 spiro atoms. The molecule has 0 atom stereocenters. The number of hydrogen-bond donors (Lipinski definition) is 2. The standard InChI is InChI=1S/C9H9O4P/c10-7-9-3-1-8(2-4-9)5-6-14(11,12)13/h1-7H,(H2,11,12,13)/b6-5+. The van der Waals surface area contributed by atoms with Gasteiger partial charge in [0, 0.05) is 11.4 Å². The summed E-state index contributed by atoms with van der Waals surface area (Å²) in [7, 11) is -4.10. The van der Waals surface area contributed by atoms with Crippen LogP contribution < -0.4 is 0 Å². The number of carbonyl (C=O) groups excluding carboxylic acids is 1. The molecule has 1 aromatic carbocycles. The Kier molecular flexibility index (Phi) is 3.36. The van der Waals surface area contributed by atoms with E-state index in [1.165, 1.54) is 6.08 Å². The first-order valence-electron chi connectivity index (χ1n) is 3.81. The molecule has 0 aromatic heterocycles. The summed E-state index contributed by atoms with van der Waals surface area (Å²) in [5, 5.41) is 0. The van der Waals surface area contributed by atoms with Gasteiger partial charge in [0.2, 0.25) is 0 Å². The smallest absolute Gasteiger partial charge is 0.321 e. The van der Waals surface area contributed by atoms with E-state index in [4.69, 9.17) is 9.79 Å². The highest BCUT2D eigenvalue weighted by molar-refractivity contribution is 7.55. The van der Waals surface area contributed by atoms with Crippen LogP contribution in [0.5, 0.6) is 0 Å². The van der Waals surface area contributed by atoms with E-state index in [1.807, 2.05) is 0 Å². The summed E-state index contributed by atoms with van der Waals surface area (Å²) < 4.78 is 10.5. The Bertz CT molecular complexity index is 388. The van der Waals surface area contributed by atoms with Crippen LogP contribution >= 0.6 is 7.60 Å². The maximum absolute atomic E-state index is 10.5. The van der Waals surface area contributed by atoms with Gasteiger partial charge in [-0.2, -0.15) is 0 Å². The third kappa shape index (κ3) is 3.66. The Morgan fingerprint density at radius 3 is 2.00 bits per heavy atom. The summed E-state index contributed by atoms with van der Waals surface area (Å²) in [6.45, 7) is 0. The van der Waals surface area contributed by atoms with Crippen LogP contribution in [0.15, 0.2) is 30.1 Å². The van der Waals surface area contributed by atoms with E-state index in [2.05, 4.69) is 0 Å². The van der Waals surface area contributed by atoms with Gasteiger partial charge in [-0.25, -0.2) is 0 Å². The zero-order valence-corrected chi connectivity index (χ0v) is 8.09. The predicted octanol–water partition coefficient (Wildman–Crippen LogP) is 1.65. The summed E-state index contributed by atoms with van der Waals surface area (Å²) in [6, 6.07) is 6.37. The van der Waals surface area contributed by atoms with Crippen LogP contribution in [0.3, 0.4) is 0 Å². The van der Waals surface area contributed by atoms with Crippen molar-refractivity contribution in [3.8, 4) is 0 Å². The lowest BCUT2D eigenvalue weighted by atomic mass is 10.1. The van der Waals surface area contributed by atoms with Gasteiger partial charge in [-0.1, -0.05) is 24.3 Å². The molecule has 0 aliphatic carbocycles. The molecule has 0 heterocycles. The largest absolute Gasteiger partial charge is 0.349 e. The number of hydrogen-bond acceptors (Lipinski definition) is 2. The van der Waals surface area contributed by atoms with Crippen molar-refractivity contribution in [1.82, 2.24) is 0 Å². The normalized spacial score (nSPS) is 11.9. The summed E-state index contributed by atoms with van der Waals surface area (Å²) in [5.74, 6) is 0.822. The van der Waals surface area contributed by atoms with E-state index >= 15 is 0 Å². The Morgan fingerprint density at radius 1 is 1.07 bits per heavy atom. The van der Waals surface area contributed by atoms with Crippen LogP contribution in [0.1, 0.15) is 15.9 Å². The lowest BCUT2D eigenvalue weighted by Crippen LogP contribution is -1.78. The third-order valence-corrected chi connectivity index (χ3v) is 2.07. The van der Waals surface area contributed by atoms with Crippen molar-refractivity contribution in [2.45, 2.75) is 0 Å². The summed E-state index contributed by atoms with van der Waals surface area (Å²) in [4.78, 5) is 27.4. The zero-order valence-electron chi connectivity index (χ0n) is 7.20. The van der Waals surface area contributed by atoms with Crippen molar-refractivity contribution in [1.29, 1.82) is 0 Å².